The van der Waals surface area contributed by atoms with Gasteiger partial charge in [-0.05, 0) is 19.1 Å². The highest BCUT2D eigenvalue weighted by atomic mass is 16.5. The molecule has 128 valence electrons. The van der Waals surface area contributed by atoms with Crippen molar-refractivity contribution in [2.45, 2.75) is 6.92 Å². The van der Waals surface area contributed by atoms with Gasteiger partial charge >= 0.3 is 0 Å². The second-order valence-corrected chi connectivity index (χ2v) is 5.15. The zero-order chi connectivity index (χ0) is 17.4. The second-order valence-electron chi connectivity index (χ2n) is 5.15. The summed E-state index contributed by atoms with van der Waals surface area (Å²) in [5.74, 6) is 2.36. The minimum absolute atomic E-state index is 0.352. The summed E-state index contributed by atoms with van der Waals surface area (Å²) >= 11 is 0. The molecular formula is C18H23N3O3. The van der Waals surface area contributed by atoms with Crippen molar-refractivity contribution in [2.24, 2.45) is 10.7 Å². The van der Waals surface area contributed by atoms with E-state index in [9.17, 15) is 0 Å². The summed E-state index contributed by atoms with van der Waals surface area (Å²) < 4.78 is 16.1. The predicted octanol–water partition coefficient (Wildman–Crippen LogP) is 2.82. The lowest BCUT2D eigenvalue weighted by Crippen LogP contribution is -2.23. The summed E-state index contributed by atoms with van der Waals surface area (Å²) in [5.41, 5.74) is 7.95. The van der Waals surface area contributed by atoms with E-state index in [0.29, 0.717) is 36.4 Å². The first-order valence-corrected chi connectivity index (χ1v) is 7.60. The van der Waals surface area contributed by atoms with Crippen molar-refractivity contribution in [3.05, 3.63) is 48.0 Å². The van der Waals surface area contributed by atoms with E-state index in [1.807, 2.05) is 31.2 Å². The third-order valence-corrected chi connectivity index (χ3v) is 3.29. The maximum absolute atomic E-state index is 5.86. The second kappa shape index (κ2) is 8.67. The molecule has 6 nitrogen and oxygen atoms in total. The number of hydrogen-bond donors (Lipinski definition) is 2. The Balaban J connectivity index is 1.84. The summed E-state index contributed by atoms with van der Waals surface area (Å²) in [6, 6.07) is 13.3. The van der Waals surface area contributed by atoms with Gasteiger partial charge in [0.2, 0.25) is 0 Å². The highest BCUT2D eigenvalue weighted by molar-refractivity contribution is 5.92. The quantitative estimate of drug-likeness (QED) is 0.464. The van der Waals surface area contributed by atoms with E-state index in [2.05, 4.69) is 10.3 Å². The molecule has 6 heteroatoms. The number of anilines is 1. The highest BCUT2D eigenvalue weighted by Crippen LogP contribution is 2.27. The number of ether oxygens (including phenoxy) is 3. The average molecular weight is 329 g/mol. The van der Waals surface area contributed by atoms with Crippen LogP contribution in [0.5, 0.6) is 17.2 Å². The number of nitrogens with one attached hydrogen (secondary N) is 1. The lowest BCUT2D eigenvalue weighted by molar-refractivity contribution is 0.321. The molecule has 2 rings (SSSR count). The number of nitrogens with zero attached hydrogens (tertiary/aromatic N) is 1. The van der Waals surface area contributed by atoms with E-state index >= 15 is 0 Å². The van der Waals surface area contributed by atoms with E-state index in [1.54, 1.807) is 32.4 Å². The molecule has 0 amide bonds. The molecular weight excluding hydrogens is 306 g/mol. The molecule has 0 bridgehead atoms. The largest absolute Gasteiger partial charge is 0.496 e. The van der Waals surface area contributed by atoms with Crippen LogP contribution in [0.4, 0.5) is 5.69 Å². The van der Waals surface area contributed by atoms with Crippen LogP contribution >= 0.6 is 0 Å². The van der Waals surface area contributed by atoms with E-state index < -0.39 is 0 Å². The minimum atomic E-state index is 0.352. The van der Waals surface area contributed by atoms with E-state index in [1.165, 1.54) is 5.56 Å². The molecule has 0 fully saturated rings. The van der Waals surface area contributed by atoms with Gasteiger partial charge in [0.05, 0.1) is 20.8 Å². The highest BCUT2D eigenvalue weighted by Gasteiger charge is 2.02. The Labute approximate surface area is 142 Å². The number of nitrogens with two attached hydrogens (primary N) is 1. The fourth-order valence-electron chi connectivity index (χ4n) is 2.02. The summed E-state index contributed by atoms with van der Waals surface area (Å²) in [5, 5.41) is 3.04. The number of benzene rings is 2. The van der Waals surface area contributed by atoms with Crippen LogP contribution in [0.2, 0.25) is 0 Å². The molecule has 0 aliphatic rings. The molecule has 24 heavy (non-hydrogen) atoms. The molecule has 2 aromatic carbocycles. The van der Waals surface area contributed by atoms with Crippen molar-refractivity contribution < 1.29 is 14.2 Å². The fourth-order valence-corrected chi connectivity index (χ4v) is 2.02. The van der Waals surface area contributed by atoms with Crippen molar-refractivity contribution in [3.8, 4) is 17.2 Å². The van der Waals surface area contributed by atoms with Crippen molar-refractivity contribution in [1.82, 2.24) is 0 Å². The van der Waals surface area contributed by atoms with Gasteiger partial charge in [0.1, 0.15) is 23.9 Å². The van der Waals surface area contributed by atoms with Gasteiger partial charge in [-0.2, -0.15) is 0 Å². The van der Waals surface area contributed by atoms with Crippen LogP contribution < -0.4 is 25.3 Å². The Morgan fingerprint density at radius 2 is 1.58 bits per heavy atom. The van der Waals surface area contributed by atoms with Gasteiger partial charge in [-0.15, -0.1) is 0 Å². The van der Waals surface area contributed by atoms with Crippen LogP contribution in [0.1, 0.15) is 5.56 Å². The molecule has 2 aromatic rings. The SMILES string of the molecule is COc1cc(OC)cc(OCCN=C(N)Nc2ccc(C)cc2)c1. The van der Waals surface area contributed by atoms with Crippen LogP contribution in [-0.2, 0) is 0 Å². The van der Waals surface area contributed by atoms with Crippen LogP contribution in [0.3, 0.4) is 0 Å². The van der Waals surface area contributed by atoms with Gasteiger partial charge in [-0.3, -0.25) is 0 Å². The van der Waals surface area contributed by atoms with Crippen LogP contribution in [-0.4, -0.2) is 33.3 Å². The molecule has 0 spiro atoms. The Morgan fingerprint density at radius 1 is 1.00 bits per heavy atom. The Kier molecular flexibility index (Phi) is 6.31. The molecule has 0 saturated heterocycles. The van der Waals surface area contributed by atoms with Gasteiger partial charge in [-0.1, -0.05) is 17.7 Å². The summed E-state index contributed by atoms with van der Waals surface area (Å²) in [6.45, 7) is 2.86. The lowest BCUT2D eigenvalue weighted by atomic mass is 10.2. The summed E-state index contributed by atoms with van der Waals surface area (Å²) in [7, 11) is 3.20. The van der Waals surface area contributed by atoms with E-state index in [0.717, 1.165) is 5.69 Å². The van der Waals surface area contributed by atoms with Gasteiger partial charge in [0, 0.05) is 23.9 Å². The third-order valence-electron chi connectivity index (χ3n) is 3.29. The smallest absolute Gasteiger partial charge is 0.193 e. The number of hydrogen-bond acceptors (Lipinski definition) is 4. The molecule has 0 atom stereocenters. The van der Waals surface area contributed by atoms with Crippen molar-refractivity contribution in [2.75, 3.05) is 32.7 Å². The first-order chi connectivity index (χ1) is 11.6. The zero-order valence-electron chi connectivity index (χ0n) is 14.2. The molecule has 0 aliphatic carbocycles. The maximum atomic E-state index is 5.86. The summed E-state index contributed by atoms with van der Waals surface area (Å²) in [6.07, 6.45) is 0. The molecule has 0 aliphatic heterocycles. The fraction of sp³-hybridized carbons (Fsp3) is 0.278. The van der Waals surface area contributed by atoms with Crippen LogP contribution in [0.25, 0.3) is 0 Å². The van der Waals surface area contributed by atoms with Crippen molar-refractivity contribution >= 4 is 11.6 Å². The summed E-state index contributed by atoms with van der Waals surface area (Å²) in [4.78, 5) is 4.24. The topological polar surface area (TPSA) is 78.1 Å². The molecule has 0 heterocycles. The van der Waals surface area contributed by atoms with Crippen molar-refractivity contribution in [3.63, 3.8) is 0 Å². The lowest BCUT2D eigenvalue weighted by Gasteiger charge is -2.10. The van der Waals surface area contributed by atoms with Gasteiger partial charge in [0.25, 0.3) is 0 Å². The zero-order valence-corrected chi connectivity index (χ0v) is 14.2. The van der Waals surface area contributed by atoms with Gasteiger partial charge in [-0.25, -0.2) is 4.99 Å². The maximum Gasteiger partial charge on any atom is 0.193 e. The predicted molar refractivity (Wildman–Crippen MR) is 96.3 cm³/mol. The Bertz CT molecular complexity index is 662. The van der Waals surface area contributed by atoms with Gasteiger partial charge < -0.3 is 25.3 Å². The van der Waals surface area contributed by atoms with Gasteiger partial charge in [0.15, 0.2) is 5.96 Å². The molecule has 0 saturated carbocycles. The Morgan fingerprint density at radius 3 is 2.17 bits per heavy atom. The monoisotopic (exact) mass is 329 g/mol. The normalized spacial score (nSPS) is 11.0. The number of guanidine groups is 1. The number of aliphatic imine (C=N–C) groups is 1. The third kappa shape index (κ3) is 5.39. The van der Waals surface area contributed by atoms with E-state index in [4.69, 9.17) is 19.9 Å². The molecule has 0 aromatic heterocycles. The first kappa shape index (κ1) is 17.5. The minimum Gasteiger partial charge on any atom is -0.496 e. The Hall–Kier alpha value is -2.89. The molecule has 0 radical (unpaired) electrons. The molecule has 0 unspecified atom stereocenters. The van der Waals surface area contributed by atoms with Crippen LogP contribution in [0, 0.1) is 6.92 Å². The standard InChI is InChI=1S/C18H23N3O3/c1-13-4-6-14(7-5-13)21-18(19)20-8-9-24-17-11-15(22-2)10-16(12-17)23-3/h4-7,10-12H,8-9H2,1-3H3,(H3,19,20,21). The number of methoxy groups -OCH3 is 2. The van der Waals surface area contributed by atoms with E-state index in [-0.39, 0.29) is 0 Å². The average Bonchev–Trinajstić information content (AvgIpc) is 2.60. The molecule has 3 N–H and O–H groups in total. The first-order valence-electron chi connectivity index (χ1n) is 7.60. The number of rotatable bonds is 7. The number of aryl methyl sites for hydroxylation is 1. The van der Waals surface area contributed by atoms with Crippen LogP contribution in [0.15, 0.2) is 47.5 Å². The van der Waals surface area contributed by atoms with Crippen molar-refractivity contribution in [1.29, 1.82) is 0 Å².